The van der Waals surface area contributed by atoms with E-state index in [-0.39, 0.29) is 11.7 Å². The molecule has 2 N–H and O–H groups in total. The number of halogens is 1. The maximum absolute atomic E-state index is 12.9. The predicted octanol–water partition coefficient (Wildman–Crippen LogP) is 2.95. The Labute approximate surface area is 108 Å². The van der Waals surface area contributed by atoms with Crippen molar-refractivity contribution >= 4 is 22.6 Å². The smallest absolute Gasteiger partial charge is 0.273 e. The Morgan fingerprint density at radius 3 is 2.79 bits per heavy atom. The molecule has 0 saturated carbocycles. The van der Waals surface area contributed by atoms with Crippen molar-refractivity contribution in [2.45, 2.75) is 0 Å². The zero-order valence-corrected chi connectivity index (χ0v) is 9.85. The van der Waals surface area contributed by atoms with Crippen LogP contribution in [-0.4, -0.2) is 15.9 Å². The molecule has 0 aliphatic rings. The molecule has 5 heteroatoms. The van der Waals surface area contributed by atoms with Gasteiger partial charge in [0.05, 0.1) is 0 Å². The molecular weight excluding hydrogens is 245 g/mol. The lowest BCUT2D eigenvalue weighted by Gasteiger charge is -2.01. The second kappa shape index (κ2) is 4.53. The Balaban J connectivity index is 1.87. The molecule has 0 spiro atoms. The monoisotopic (exact) mass is 255 g/mol. The fraction of sp³-hybridized carbons (Fsp3) is 0. The van der Waals surface area contributed by atoms with Crippen LogP contribution >= 0.6 is 0 Å². The topological polar surface area (TPSA) is 57.8 Å². The molecule has 2 aromatic heterocycles. The van der Waals surface area contributed by atoms with Crippen LogP contribution in [0, 0.1) is 5.95 Å². The molecule has 0 unspecified atom stereocenters. The molecule has 0 atom stereocenters. The summed E-state index contributed by atoms with van der Waals surface area (Å²) in [7, 11) is 0. The lowest BCUT2D eigenvalue weighted by molar-refractivity contribution is 0.102. The maximum Gasteiger partial charge on any atom is 0.273 e. The fourth-order valence-electron chi connectivity index (χ4n) is 1.86. The lowest BCUT2D eigenvalue weighted by Crippen LogP contribution is -2.13. The first-order valence-corrected chi connectivity index (χ1v) is 5.74. The molecule has 0 saturated heterocycles. The summed E-state index contributed by atoms with van der Waals surface area (Å²) in [6.07, 6.45) is 0. The number of amides is 1. The van der Waals surface area contributed by atoms with Crippen LogP contribution < -0.4 is 5.32 Å². The molecule has 0 aliphatic heterocycles. The summed E-state index contributed by atoms with van der Waals surface area (Å²) >= 11 is 0. The molecular formula is C14H10FN3O. The van der Waals surface area contributed by atoms with Gasteiger partial charge in [-0.1, -0.05) is 24.3 Å². The van der Waals surface area contributed by atoms with E-state index >= 15 is 0 Å². The van der Waals surface area contributed by atoms with Gasteiger partial charge in [-0.2, -0.15) is 4.39 Å². The number of nitrogens with zero attached hydrogens (tertiary/aromatic N) is 1. The van der Waals surface area contributed by atoms with Gasteiger partial charge in [-0.15, -0.1) is 0 Å². The van der Waals surface area contributed by atoms with Crippen molar-refractivity contribution in [2.75, 3.05) is 5.32 Å². The number of carbonyl (C=O) groups excluding carboxylic acids is 1. The first kappa shape index (κ1) is 11.4. The van der Waals surface area contributed by atoms with Gasteiger partial charge in [0.25, 0.3) is 5.91 Å². The van der Waals surface area contributed by atoms with Crippen LogP contribution in [0.4, 0.5) is 10.2 Å². The van der Waals surface area contributed by atoms with E-state index in [1.807, 2.05) is 24.3 Å². The van der Waals surface area contributed by atoms with Crippen LogP contribution in [0.1, 0.15) is 10.5 Å². The molecule has 0 radical (unpaired) electrons. The highest BCUT2D eigenvalue weighted by molar-refractivity contribution is 6.05. The minimum Gasteiger partial charge on any atom is -0.351 e. The average molecular weight is 255 g/mol. The number of nitrogens with one attached hydrogen (secondary N) is 2. The van der Waals surface area contributed by atoms with Crippen LogP contribution in [0.2, 0.25) is 0 Å². The molecule has 19 heavy (non-hydrogen) atoms. The SMILES string of the molecule is O=C(Nc1cccc(F)n1)c1cc2ccccc2[nH]1. The Kier molecular flexibility index (Phi) is 2.72. The normalized spacial score (nSPS) is 10.6. The molecule has 0 bridgehead atoms. The molecule has 3 rings (SSSR count). The molecule has 0 fully saturated rings. The molecule has 0 aliphatic carbocycles. The summed E-state index contributed by atoms with van der Waals surface area (Å²) in [5.41, 5.74) is 1.28. The van der Waals surface area contributed by atoms with Crippen molar-refractivity contribution in [3.05, 3.63) is 60.2 Å². The van der Waals surface area contributed by atoms with Gasteiger partial charge in [0.1, 0.15) is 11.5 Å². The van der Waals surface area contributed by atoms with Crippen LogP contribution in [0.3, 0.4) is 0 Å². The van der Waals surface area contributed by atoms with Crippen molar-refractivity contribution in [1.29, 1.82) is 0 Å². The number of pyridine rings is 1. The number of carbonyl (C=O) groups is 1. The van der Waals surface area contributed by atoms with Gasteiger partial charge < -0.3 is 10.3 Å². The number of H-pyrrole nitrogens is 1. The Morgan fingerprint density at radius 2 is 2.00 bits per heavy atom. The second-order valence-corrected chi connectivity index (χ2v) is 4.07. The van der Waals surface area contributed by atoms with E-state index in [2.05, 4.69) is 15.3 Å². The zero-order valence-electron chi connectivity index (χ0n) is 9.85. The quantitative estimate of drug-likeness (QED) is 0.692. The van der Waals surface area contributed by atoms with Gasteiger partial charge in [0.2, 0.25) is 5.95 Å². The van der Waals surface area contributed by atoms with Gasteiger partial charge >= 0.3 is 0 Å². The molecule has 1 amide bonds. The number of aromatic amines is 1. The van der Waals surface area contributed by atoms with E-state index < -0.39 is 5.95 Å². The number of hydrogen-bond acceptors (Lipinski definition) is 2. The fourth-order valence-corrected chi connectivity index (χ4v) is 1.86. The molecule has 1 aromatic carbocycles. The Bertz CT molecular complexity index is 718. The van der Waals surface area contributed by atoms with Gasteiger partial charge in [0, 0.05) is 10.9 Å². The number of fused-ring (bicyclic) bond motifs is 1. The first-order valence-electron chi connectivity index (χ1n) is 5.74. The highest BCUT2D eigenvalue weighted by Gasteiger charge is 2.10. The summed E-state index contributed by atoms with van der Waals surface area (Å²) in [5.74, 6) is -0.799. The van der Waals surface area contributed by atoms with Crippen molar-refractivity contribution in [2.24, 2.45) is 0 Å². The van der Waals surface area contributed by atoms with E-state index in [0.717, 1.165) is 10.9 Å². The van der Waals surface area contributed by atoms with Gasteiger partial charge in [-0.05, 0) is 24.3 Å². The van der Waals surface area contributed by atoms with Crippen LogP contribution in [0.5, 0.6) is 0 Å². The minimum atomic E-state index is -0.630. The summed E-state index contributed by atoms with van der Waals surface area (Å²) in [4.78, 5) is 18.6. The van der Waals surface area contributed by atoms with E-state index in [4.69, 9.17) is 0 Å². The number of para-hydroxylation sites is 1. The standard InChI is InChI=1S/C14H10FN3O/c15-12-6-3-7-13(17-12)18-14(19)11-8-9-4-1-2-5-10(9)16-11/h1-8,16H,(H,17,18,19). The third-order valence-corrected chi connectivity index (χ3v) is 2.73. The Morgan fingerprint density at radius 1 is 1.16 bits per heavy atom. The predicted molar refractivity (Wildman–Crippen MR) is 70.4 cm³/mol. The third-order valence-electron chi connectivity index (χ3n) is 2.73. The van der Waals surface area contributed by atoms with Gasteiger partial charge in [-0.3, -0.25) is 4.79 Å². The first-order chi connectivity index (χ1) is 9.22. The summed E-state index contributed by atoms with van der Waals surface area (Å²) < 4.78 is 12.9. The summed E-state index contributed by atoms with van der Waals surface area (Å²) in [5, 5.41) is 3.48. The Hall–Kier alpha value is -2.69. The number of aromatic nitrogens is 2. The van der Waals surface area contributed by atoms with E-state index in [1.165, 1.54) is 18.2 Å². The van der Waals surface area contributed by atoms with E-state index in [9.17, 15) is 9.18 Å². The molecule has 4 nitrogen and oxygen atoms in total. The average Bonchev–Trinajstić information content (AvgIpc) is 2.82. The van der Waals surface area contributed by atoms with Crippen LogP contribution in [-0.2, 0) is 0 Å². The largest absolute Gasteiger partial charge is 0.351 e. The lowest BCUT2D eigenvalue weighted by atomic mass is 10.2. The summed E-state index contributed by atoms with van der Waals surface area (Å²) in [6, 6.07) is 13.5. The van der Waals surface area contributed by atoms with Crippen molar-refractivity contribution in [1.82, 2.24) is 9.97 Å². The molecule has 3 aromatic rings. The highest BCUT2D eigenvalue weighted by Crippen LogP contribution is 2.15. The maximum atomic E-state index is 12.9. The minimum absolute atomic E-state index is 0.184. The van der Waals surface area contributed by atoms with E-state index in [0.29, 0.717) is 5.69 Å². The third kappa shape index (κ3) is 2.30. The number of benzene rings is 1. The van der Waals surface area contributed by atoms with E-state index in [1.54, 1.807) is 6.07 Å². The van der Waals surface area contributed by atoms with Crippen molar-refractivity contribution in [3.8, 4) is 0 Å². The second-order valence-electron chi connectivity index (χ2n) is 4.07. The van der Waals surface area contributed by atoms with Gasteiger partial charge in [0.15, 0.2) is 0 Å². The van der Waals surface area contributed by atoms with Crippen LogP contribution in [0.25, 0.3) is 10.9 Å². The number of anilines is 1. The number of rotatable bonds is 2. The van der Waals surface area contributed by atoms with Crippen molar-refractivity contribution in [3.63, 3.8) is 0 Å². The van der Waals surface area contributed by atoms with Gasteiger partial charge in [-0.25, -0.2) is 4.98 Å². The van der Waals surface area contributed by atoms with Crippen LogP contribution in [0.15, 0.2) is 48.5 Å². The van der Waals surface area contributed by atoms with Crippen molar-refractivity contribution < 1.29 is 9.18 Å². The molecule has 94 valence electrons. The highest BCUT2D eigenvalue weighted by atomic mass is 19.1. The molecule has 2 heterocycles. The zero-order chi connectivity index (χ0) is 13.2. The number of hydrogen-bond donors (Lipinski definition) is 2. The summed E-state index contributed by atoms with van der Waals surface area (Å²) in [6.45, 7) is 0.